The van der Waals surface area contributed by atoms with Gasteiger partial charge in [0.15, 0.2) is 21.4 Å². The summed E-state index contributed by atoms with van der Waals surface area (Å²) in [4.78, 5) is 11.8. The Balaban J connectivity index is 1.89. The number of ketones is 1. The lowest BCUT2D eigenvalue weighted by molar-refractivity contribution is -0.156. The molecule has 2 heterocycles. The van der Waals surface area contributed by atoms with E-state index in [4.69, 9.17) is 21.1 Å². The quantitative estimate of drug-likeness (QED) is 0.515. The van der Waals surface area contributed by atoms with E-state index in [1.54, 1.807) is 0 Å². The maximum absolute atomic E-state index is 15.2. The SMILES string of the molecule is O=C(C[C@@H]1OCC[C@@]2(S(=O)(=O)c3ccc(Cl)cc3)c3c(F)ccc(F)c3OC[C@@H]12)CC(F)(F)F. The predicted octanol–water partition coefficient (Wildman–Crippen LogP) is 5.00. The fourth-order valence-electron chi connectivity index (χ4n) is 4.77. The van der Waals surface area contributed by atoms with Gasteiger partial charge in [0, 0.05) is 24.0 Å². The number of hydrogen-bond donors (Lipinski definition) is 0. The summed E-state index contributed by atoms with van der Waals surface area (Å²) in [5.74, 6) is -5.14. The maximum atomic E-state index is 15.2. The van der Waals surface area contributed by atoms with E-state index in [9.17, 15) is 30.8 Å². The molecule has 0 aromatic heterocycles. The summed E-state index contributed by atoms with van der Waals surface area (Å²) >= 11 is 5.87. The Kier molecular flexibility index (Phi) is 6.41. The lowest BCUT2D eigenvalue weighted by atomic mass is 9.74. The minimum absolute atomic E-state index is 0.236. The summed E-state index contributed by atoms with van der Waals surface area (Å²) < 4.78 is 105. The Hall–Kier alpha value is -2.24. The first kappa shape index (κ1) is 24.9. The van der Waals surface area contributed by atoms with E-state index in [0.29, 0.717) is 0 Å². The zero-order valence-electron chi connectivity index (χ0n) is 17.4. The van der Waals surface area contributed by atoms with Crippen molar-refractivity contribution in [3.63, 3.8) is 0 Å². The van der Waals surface area contributed by atoms with Crippen molar-refractivity contribution in [1.29, 1.82) is 0 Å². The van der Waals surface area contributed by atoms with Crippen LogP contribution in [0.5, 0.6) is 5.75 Å². The molecule has 0 saturated carbocycles. The largest absolute Gasteiger partial charge is 0.490 e. The topological polar surface area (TPSA) is 69.7 Å². The van der Waals surface area contributed by atoms with Crippen molar-refractivity contribution in [2.45, 2.75) is 41.2 Å². The van der Waals surface area contributed by atoms with E-state index in [-0.39, 0.29) is 22.9 Å². The molecule has 0 amide bonds. The van der Waals surface area contributed by atoms with Gasteiger partial charge in [-0.1, -0.05) is 11.6 Å². The Labute approximate surface area is 196 Å². The molecular formula is C22H18ClF5O5S. The number of rotatable bonds is 5. The third-order valence-corrected chi connectivity index (χ3v) is 8.99. The van der Waals surface area contributed by atoms with Gasteiger partial charge >= 0.3 is 6.18 Å². The molecule has 4 rings (SSSR count). The Morgan fingerprint density at radius 1 is 1.09 bits per heavy atom. The number of sulfone groups is 1. The summed E-state index contributed by atoms with van der Waals surface area (Å²) in [5.41, 5.74) is -0.560. The van der Waals surface area contributed by atoms with Gasteiger partial charge in [0.25, 0.3) is 0 Å². The van der Waals surface area contributed by atoms with Crippen LogP contribution in [0, 0.1) is 17.6 Å². The van der Waals surface area contributed by atoms with Crippen LogP contribution in [0.25, 0.3) is 0 Å². The Bertz CT molecular complexity index is 1220. The van der Waals surface area contributed by atoms with E-state index in [2.05, 4.69) is 0 Å². The molecule has 0 aliphatic carbocycles. The van der Waals surface area contributed by atoms with Crippen molar-refractivity contribution in [1.82, 2.24) is 0 Å². The van der Waals surface area contributed by atoms with Crippen LogP contribution in [-0.4, -0.2) is 39.7 Å². The first-order valence-electron chi connectivity index (χ1n) is 10.2. The third kappa shape index (κ3) is 4.18. The highest BCUT2D eigenvalue weighted by Gasteiger charge is 2.61. The zero-order valence-corrected chi connectivity index (χ0v) is 18.9. The van der Waals surface area contributed by atoms with Crippen LogP contribution < -0.4 is 4.74 Å². The third-order valence-electron chi connectivity index (χ3n) is 6.17. The van der Waals surface area contributed by atoms with Crippen LogP contribution in [0.2, 0.25) is 5.02 Å². The highest BCUT2D eigenvalue weighted by atomic mass is 35.5. The molecule has 1 saturated heterocycles. The van der Waals surface area contributed by atoms with Crippen LogP contribution in [0.15, 0.2) is 41.3 Å². The molecule has 0 N–H and O–H groups in total. The van der Waals surface area contributed by atoms with Crippen molar-refractivity contribution in [3.8, 4) is 5.75 Å². The summed E-state index contributed by atoms with van der Waals surface area (Å²) in [5, 5.41) is 0.236. The predicted molar refractivity (Wildman–Crippen MR) is 110 cm³/mol. The van der Waals surface area contributed by atoms with E-state index in [1.807, 2.05) is 0 Å². The highest BCUT2D eigenvalue weighted by molar-refractivity contribution is 7.92. The smallest absolute Gasteiger partial charge is 0.395 e. The van der Waals surface area contributed by atoms with Crippen molar-refractivity contribution in [2.24, 2.45) is 5.92 Å². The van der Waals surface area contributed by atoms with Gasteiger partial charge in [-0.3, -0.25) is 4.79 Å². The Morgan fingerprint density at radius 3 is 2.38 bits per heavy atom. The number of carbonyl (C=O) groups is 1. The first-order valence-corrected chi connectivity index (χ1v) is 12.0. The second-order valence-electron chi connectivity index (χ2n) is 8.19. The maximum Gasteiger partial charge on any atom is 0.395 e. The van der Waals surface area contributed by atoms with Crippen molar-refractivity contribution in [2.75, 3.05) is 13.2 Å². The highest BCUT2D eigenvalue weighted by Crippen LogP contribution is 2.56. The normalized spacial score (nSPS) is 24.6. The molecule has 184 valence electrons. The molecule has 2 aliphatic rings. The summed E-state index contributed by atoms with van der Waals surface area (Å²) in [6, 6.07) is 6.58. The van der Waals surface area contributed by atoms with Gasteiger partial charge < -0.3 is 9.47 Å². The van der Waals surface area contributed by atoms with E-state index in [1.165, 1.54) is 24.3 Å². The van der Waals surface area contributed by atoms with Gasteiger partial charge in [-0.25, -0.2) is 17.2 Å². The van der Waals surface area contributed by atoms with Crippen LogP contribution in [0.4, 0.5) is 22.0 Å². The van der Waals surface area contributed by atoms with Crippen molar-refractivity contribution < 1.29 is 44.6 Å². The molecule has 0 radical (unpaired) electrons. The number of benzene rings is 2. The summed E-state index contributed by atoms with van der Waals surface area (Å²) in [6.07, 6.45) is -8.91. The van der Waals surface area contributed by atoms with Gasteiger partial charge in [-0.2, -0.15) is 13.2 Å². The molecular weight excluding hydrogens is 507 g/mol. The standard InChI is InChI=1S/C22H18ClF5O5S/c23-12-1-3-14(4-2-12)34(30,31)21-7-8-32-18(9-13(29)10-22(26,27)28)15(21)11-33-20-17(25)6-5-16(24)19(20)21/h1-6,15,18H,7-11H2/t15-,18-,21-/m0/s1. The molecule has 5 nitrogen and oxygen atoms in total. The van der Waals surface area contributed by atoms with E-state index < -0.39 is 81.0 Å². The van der Waals surface area contributed by atoms with Gasteiger partial charge in [-0.15, -0.1) is 0 Å². The monoisotopic (exact) mass is 524 g/mol. The fraction of sp³-hybridized carbons (Fsp3) is 0.409. The minimum atomic E-state index is -4.76. The second-order valence-corrected chi connectivity index (χ2v) is 10.8. The van der Waals surface area contributed by atoms with Gasteiger partial charge in [0.05, 0.1) is 23.2 Å². The average Bonchev–Trinajstić information content (AvgIpc) is 2.74. The number of hydrogen-bond acceptors (Lipinski definition) is 5. The molecule has 34 heavy (non-hydrogen) atoms. The lowest BCUT2D eigenvalue weighted by Gasteiger charge is -2.50. The Morgan fingerprint density at radius 2 is 1.74 bits per heavy atom. The van der Waals surface area contributed by atoms with Gasteiger partial charge in [-0.05, 0) is 42.8 Å². The van der Waals surface area contributed by atoms with Crippen LogP contribution >= 0.6 is 11.6 Å². The summed E-state index contributed by atoms with van der Waals surface area (Å²) in [7, 11) is -4.52. The molecule has 3 atom stereocenters. The number of halogens is 6. The lowest BCUT2D eigenvalue weighted by Crippen LogP contribution is -2.58. The van der Waals surface area contributed by atoms with Crippen molar-refractivity contribution in [3.05, 3.63) is 58.6 Å². The number of ether oxygens (including phenoxy) is 2. The van der Waals surface area contributed by atoms with E-state index in [0.717, 1.165) is 12.1 Å². The number of alkyl halides is 3. The molecule has 0 unspecified atom stereocenters. The zero-order chi connectivity index (χ0) is 24.9. The van der Waals surface area contributed by atoms with E-state index >= 15 is 4.39 Å². The summed E-state index contributed by atoms with van der Waals surface area (Å²) in [6.45, 7) is -0.827. The molecule has 0 spiro atoms. The van der Waals surface area contributed by atoms with Crippen LogP contribution in [0.3, 0.4) is 0 Å². The van der Waals surface area contributed by atoms with Crippen LogP contribution in [0.1, 0.15) is 24.8 Å². The number of Topliss-reactive ketones (excluding diaryl/α,β-unsaturated/α-hetero) is 1. The molecule has 2 aromatic carbocycles. The number of carbonyl (C=O) groups excluding carboxylic acids is 1. The molecule has 2 aliphatic heterocycles. The number of fused-ring (bicyclic) bond motifs is 3. The second kappa shape index (κ2) is 8.76. The first-order chi connectivity index (χ1) is 15.9. The molecule has 1 fully saturated rings. The molecule has 0 bridgehead atoms. The van der Waals surface area contributed by atoms with Crippen molar-refractivity contribution >= 4 is 27.2 Å². The minimum Gasteiger partial charge on any atom is -0.490 e. The molecule has 12 heteroatoms. The van der Waals surface area contributed by atoms with Crippen LogP contribution in [-0.2, 0) is 24.1 Å². The average molecular weight is 525 g/mol. The van der Waals surface area contributed by atoms with Gasteiger partial charge in [0.2, 0.25) is 0 Å². The fourth-order valence-corrected chi connectivity index (χ4v) is 7.24. The molecule has 2 aromatic rings. The van der Waals surface area contributed by atoms with Gasteiger partial charge in [0.1, 0.15) is 22.8 Å².